The summed E-state index contributed by atoms with van der Waals surface area (Å²) >= 11 is 0. The molecule has 3 rings (SSSR count). The van der Waals surface area contributed by atoms with Crippen LogP contribution in [0.5, 0.6) is 5.75 Å². The largest absolute Gasteiger partial charge is 0.497 e. The molecule has 0 N–H and O–H groups in total. The second kappa shape index (κ2) is 8.80. The monoisotopic (exact) mass is 385 g/mol. The molecule has 1 saturated carbocycles. The summed E-state index contributed by atoms with van der Waals surface area (Å²) in [5, 5.41) is 0. The first-order chi connectivity index (χ1) is 13.4. The van der Waals surface area contributed by atoms with Gasteiger partial charge in [-0.3, -0.25) is 9.69 Å². The van der Waals surface area contributed by atoms with Gasteiger partial charge in [0.15, 0.2) is 5.78 Å². The van der Waals surface area contributed by atoms with Crippen LogP contribution in [-0.2, 0) is 9.53 Å². The molecule has 0 unspecified atom stereocenters. The van der Waals surface area contributed by atoms with Crippen LogP contribution in [0.3, 0.4) is 0 Å². The molecule has 1 aliphatic carbocycles. The average Bonchev–Trinajstić information content (AvgIpc) is 2.67. The lowest BCUT2D eigenvalue weighted by Crippen LogP contribution is -2.41. The van der Waals surface area contributed by atoms with Crippen molar-refractivity contribution in [1.82, 2.24) is 4.90 Å². The SMILES string of the molecule is COc1ccc([C@H]2CC(=O)C=CN2C(=O)O[C@@H]2C[C@H](C)CC[C@H]2C(C)C)cc1. The van der Waals surface area contributed by atoms with Gasteiger partial charge in [-0.2, -0.15) is 0 Å². The number of benzene rings is 1. The van der Waals surface area contributed by atoms with Crippen LogP contribution in [0.25, 0.3) is 0 Å². The lowest BCUT2D eigenvalue weighted by Gasteiger charge is -2.38. The summed E-state index contributed by atoms with van der Waals surface area (Å²) < 4.78 is 11.2. The minimum Gasteiger partial charge on any atom is -0.497 e. The van der Waals surface area contributed by atoms with E-state index < -0.39 is 0 Å². The highest BCUT2D eigenvalue weighted by atomic mass is 16.6. The zero-order chi connectivity index (χ0) is 20.3. The summed E-state index contributed by atoms with van der Waals surface area (Å²) in [5.41, 5.74) is 0.896. The number of carbonyl (C=O) groups excluding carboxylic acids is 2. The third-order valence-corrected chi connectivity index (χ3v) is 6.08. The highest BCUT2D eigenvalue weighted by Gasteiger charge is 2.36. The van der Waals surface area contributed by atoms with Crippen LogP contribution in [0.1, 0.15) is 58.1 Å². The average molecular weight is 386 g/mol. The quantitative estimate of drug-likeness (QED) is 0.722. The number of rotatable bonds is 4. The Morgan fingerprint density at radius 1 is 1.18 bits per heavy atom. The maximum atomic E-state index is 13.1. The molecular weight excluding hydrogens is 354 g/mol. The molecule has 1 amide bonds. The van der Waals surface area contributed by atoms with E-state index in [0.717, 1.165) is 24.2 Å². The molecule has 152 valence electrons. The molecule has 0 spiro atoms. The first-order valence-electron chi connectivity index (χ1n) is 10.2. The van der Waals surface area contributed by atoms with Crippen LogP contribution in [0.2, 0.25) is 0 Å². The van der Waals surface area contributed by atoms with E-state index in [9.17, 15) is 9.59 Å². The van der Waals surface area contributed by atoms with E-state index in [4.69, 9.17) is 9.47 Å². The number of hydrogen-bond acceptors (Lipinski definition) is 4. The lowest BCUT2D eigenvalue weighted by atomic mass is 9.75. The fourth-order valence-electron chi connectivity index (χ4n) is 4.36. The van der Waals surface area contributed by atoms with Crippen LogP contribution in [-0.4, -0.2) is 30.0 Å². The van der Waals surface area contributed by atoms with Crippen molar-refractivity contribution >= 4 is 11.9 Å². The fraction of sp³-hybridized carbons (Fsp3) is 0.565. The molecule has 28 heavy (non-hydrogen) atoms. The molecule has 0 radical (unpaired) electrons. The van der Waals surface area contributed by atoms with Crippen molar-refractivity contribution in [1.29, 1.82) is 0 Å². The Morgan fingerprint density at radius 2 is 1.89 bits per heavy atom. The maximum absolute atomic E-state index is 13.1. The van der Waals surface area contributed by atoms with Gasteiger partial charge in [-0.15, -0.1) is 0 Å². The van der Waals surface area contributed by atoms with Gasteiger partial charge in [0.2, 0.25) is 0 Å². The van der Waals surface area contributed by atoms with Crippen LogP contribution >= 0.6 is 0 Å². The Bertz CT molecular complexity index is 725. The van der Waals surface area contributed by atoms with Gasteiger partial charge in [0.1, 0.15) is 11.9 Å². The van der Waals surface area contributed by atoms with Crippen molar-refractivity contribution < 1.29 is 19.1 Å². The number of ether oxygens (including phenoxy) is 2. The predicted molar refractivity (Wildman–Crippen MR) is 108 cm³/mol. The number of methoxy groups -OCH3 is 1. The van der Waals surface area contributed by atoms with Gasteiger partial charge in [0, 0.05) is 12.6 Å². The third kappa shape index (κ3) is 4.57. The first kappa shape index (κ1) is 20.4. The molecule has 1 aromatic rings. The van der Waals surface area contributed by atoms with E-state index in [-0.39, 0.29) is 30.4 Å². The number of ketones is 1. The van der Waals surface area contributed by atoms with Gasteiger partial charge >= 0.3 is 6.09 Å². The van der Waals surface area contributed by atoms with Crippen LogP contribution in [0.4, 0.5) is 4.79 Å². The molecule has 0 aromatic heterocycles. The van der Waals surface area contributed by atoms with Gasteiger partial charge in [-0.1, -0.05) is 39.3 Å². The van der Waals surface area contributed by atoms with E-state index >= 15 is 0 Å². The second-order valence-electron chi connectivity index (χ2n) is 8.43. The minimum atomic E-state index is -0.366. The van der Waals surface area contributed by atoms with Crippen molar-refractivity contribution in [2.45, 2.75) is 58.6 Å². The van der Waals surface area contributed by atoms with Crippen LogP contribution in [0, 0.1) is 17.8 Å². The van der Waals surface area contributed by atoms with Gasteiger partial charge in [-0.05, 0) is 54.4 Å². The van der Waals surface area contributed by atoms with Crippen LogP contribution < -0.4 is 4.74 Å². The van der Waals surface area contributed by atoms with E-state index in [1.165, 1.54) is 12.5 Å². The molecule has 1 aromatic carbocycles. The number of amides is 1. The first-order valence-corrected chi connectivity index (χ1v) is 10.2. The lowest BCUT2D eigenvalue weighted by molar-refractivity contribution is -0.116. The van der Waals surface area contributed by atoms with Crippen molar-refractivity contribution in [3.05, 3.63) is 42.1 Å². The van der Waals surface area contributed by atoms with E-state index in [2.05, 4.69) is 20.8 Å². The smallest absolute Gasteiger partial charge is 0.414 e. The molecule has 5 nitrogen and oxygen atoms in total. The predicted octanol–water partition coefficient (Wildman–Crippen LogP) is 5.12. The molecule has 4 atom stereocenters. The Kier molecular flexibility index (Phi) is 6.42. The summed E-state index contributed by atoms with van der Waals surface area (Å²) in [6.45, 7) is 6.61. The maximum Gasteiger partial charge on any atom is 0.414 e. The Hall–Kier alpha value is -2.30. The molecule has 1 heterocycles. The normalized spacial score (nSPS) is 27.8. The third-order valence-electron chi connectivity index (χ3n) is 6.08. The fourth-order valence-corrected chi connectivity index (χ4v) is 4.36. The number of carbonyl (C=O) groups is 2. The highest BCUT2D eigenvalue weighted by Crippen LogP contribution is 2.37. The molecule has 0 bridgehead atoms. The standard InChI is InChI=1S/C23H31NO4/c1-15(2)20-10-5-16(3)13-22(20)28-23(26)24-12-11-18(25)14-21(24)17-6-8-19(27-4)9-7-17/h6-9,11-12,15-16,20-22H,5,10,13-14H2,1-4H3/t16-,20+,21-,22-/m1/s1. The van der Waals surface area contributed by atoms with E-state index in [1.807, 2.05) is 24.3 Å². The van der Waals surface area contributed by atoms with Crippen molar-refractivity contribution in [3.63, 3.8) is 0 Å². The van der Waals surface area contributed by atoms with Crippen molar-refractivity contribution in [2.75, 3.05) is 7.11 Å². The van der Waals surface area contributed by atoms with E-state index in [0.29, 0.717) is 17.8 Å². The molecule has 1 aliphatic heterocycles. The number of nitrogens with zero attached hydrogens (tertiary/aromatic N) is 1. The van der Waals surface area contributed by atoms with Crippen molar-refractivity contribution in [2.24, 2.45) is 17.8 Å². The molecule has 5 heteroatoms. The Balaban J connectivity index is 1.78. The Morgan fingerprint density at radius 3 is 2.54 bits per heavy atom. The topological polar surface area (TPSA) is 55.8 Å². The van der Waals surface area contributed by atoms with Crippen molar-refractivity contribution in [3.8, 4) is 5.75 Å². The molecule has 0 saturated heterocycles. The summed E-state index contributed by atoms with van der Waals surface area (Å²) in [7, 11) is 1.61. The molecule has 1 fully saturated rings. The number of allylic oxidation sites excluding steroid dienone is 1. The summed E-state index contributed by atoms with van der Waals surface area (Å²) in [5.74, 6) is 2.17. The summed E-state index contributed by atoms with van der Waals surface area (Å²) in [6, 6.07) is 7.14. The van der Waals surface area contributed by atoms with Gasteiger partial charge in [-0.25, -0.2) is 4.79 Å². The van der Waals surface area contributed by atoms with Gasteiger partial charge < -0.3 is 9.47 Å². The molecule has 2 aliphatic rings. The minimum absolute atomic E-state index is 0.0104. The van der Waals surface area contributed by atoms with E-state index in [1.54, 1.807) is 18.2 Å². The summed E-state index contributed by atoms with van der Waals surface area (Å²) in [4.78, 5) is 26.7. The second-order valence-corrected chi connectivity index (χ2v) is 8.43. The Labute approximate surface area is 167 Å². The zero-order valence-corrected chi connectivity index (χ0v) is 17.3. The number of hydrogen-bond donors (Lipinski definition) is 0. The van der Waals surface area contributed by atoms with Gasteiger partial charge in [0.25, 0.3) is 0 Å². The van der Waals surface area contributed by atoms with Crippen LogP contribution in [0.15, 0.2) is 36.5 Å². The highest BCUT2D eigenvalue weighted by molar-refractivity contribution is 5.92. The zero-order valence-electron chi connectivity index (χ0n) is 17.3. The summed E-state index contributed by atoms with van der Waals surface area (Å²) in [6.07, 6.45) is 6.03. The molecular formula is C23H31NO4. The van der Waals surface area contributed by atoms with Gasteiger partial charge in [0.05, 0.1) is 13.2 Å².